The van der Waals surface area contributed by atoms with Crippen LogP contribution in [0, 0.1) is 0 Å². The number of H-pyrrole nitrogens is 1. The second kappa shape index (κ2) is 7.89. The first-order chi connectivity index (χ1) is 13.7. The van der Waals surface area contributed by atoms with Gasteiger partial charge in [0, 0.05) is 42.1 Å². The molecule has 1 aliphatic carbocycles. The average Bonchev–Trinajstić information content (AvgIpc) is 3.12. The highest BCUT2D eigenvalue weighted by molar-refractivity contribution is 7.90. The Hall–Kier alpha value is -1.64. The Labute approximate surface area is 173 Å². The third-order valence-electron chi connectivity index (χ3n) is 6.18. The third kappa shape index (κ3) is 4.29. The number of ether oxygens (including phenoxy) is 1. The molecule has 0 unspecified atom stereocenters. The molecule has 0 amide bonds. The number of pyridine rings is 1. The van der Waals surface area contributed by atoms with Crippen LogP contribution < -0.4 is 9.62 Å². The lowest BCUT2D eigenvalue weighted by atomic mass is 9.84. The van der Waals surface area contributed by atoms with E-state index < -0.39 is 14.8 Å². The molecule has 2 fully saturated rings. The average molecular weight is 421 g/mol. The number of nitrogens with one attached hydrogen (secondary N) is 2. The van der Waals surface area contributed by atoms with Gasteiger partial charge in [-0.1, -0.05) is 0 Å². The minimum Gasteiger partial charge on any atom is -0.378 e. The van der Waals surface area contributed by atoms with Crippen LogP contribution in [-0.4, -0.2) is 55.5 Å². The lowest BCUT2D eigenvalue weighted by Gasteiger charge is -2.31. The lowest BCUT2D eigenvalue weighted by Crippen LogP contribution is -2.45. The highest BCUT2D eigenvalue weighted by atomic mass is 32.2. The summed E-state index contributed by atoms with van der Waals surface area (Å²) in [5, 5.41) is 1.17. The standard InChI is InChI=1S/C21H32N4O3S/c1-21(2,3)29(26,27)24-16-6-4-15(5-7-16)18-14-17-19(8-9-22-20(17)23-18)25-10-12-28-13-11-25/h8-9,14-16,24H,4-7,10-13H2,1-3H3,(H,22,23)/t15-,16-. The van der Waals surface area contributed by atoms with Crippen molar-refractivity contribution in [1.82, 2.24) is 14.7 Å². The summed E-state index contributed by atoms with van der Waals surface area (Å²) in [5.41, 5.74) is 3.36. The number of morpholine rings is 1. The molecule has 7 nitrogen and oxygen atoms in total. The summed E-state index contributed by atoms with van der Waals surface area (Å²) >= 11 is 0. The largest absolute Gasteiger partial charge is 0.378 e. The fourth-order valence-corrected chi connectivity index (χ4v) is 5.28. The summed E-state index contributed by atoms with van der Waals surface area (Å²) in [4.78, 5) is 10.4. The van der Waals surface area contributed by atoms with Gasteiger partial charge in [0.2, 0.25) is 10.0 Å². The van der Waals surface area contributed by atoms with Gasteiger partial charge in [-0.3, -0.25) is 0 Å². The van der Waals surface area contributed by atoms with Crippen molar-refractivity contribution in [1.29, 1.82) is 0 Å². The zero-order valence-electron chi connectivity index (χ0n) is 17.6. The van der Waals surface area contributed by atoms with Crippen molar-refractivity contribution in [2.24, 2.45) is 0 Å². The first-order valence-electron chi connectivity index (χ1n) is 10.6. The van der Waals surface area contributed by atoms with Crippen LogP contribution in [0.4, 0.5) is 5.69 Å². The van der Waals surface area contributed by atoms with Gasteiger partial charge >= 0.3 is 0 Å². The lowest BCUT2D eigenvalue weighted by molar-refractivity contribution is 0.123. The van der Waals surface area contributed by atoms with E-state index in [9.17, 15) is 8.42 Å². The highest BCUT2D eigenvalue weighted by Gasteiger charge is 2.33. The molecule has 2 aliphatic rings. The number of hydrogen-bond acceptors (Lipinski definition) is 5. The first kappa shape index (κ1) is 20.6. The van der Waals surface area contributed by atoms with Gasteiger partial charge in [-0.25, -0.2) is 18.1 Å². The number of aromatic amines is 1. The maximum atomic E-state index is 12.4. The minimum absolute atomic E-state index is 0.0295. The molecule has 0 bridgehead atoms. The molecule has 2 aromatic rings. The van der Waals surface area contributed by atoms with Crippen LogP contribution in [0.15, 0.2) is 18.3 Å². The Kier molecular flexibility index (Phi) is 5.61. The van der Waals surface area contributed by atoms with Crippen molar-refractivity contribution in [2.75, 3.05) is 31.2 Å². The van der Waals surface area contributed by atoms with E-state index in [0.717, 1.165) is 57.6 Å². The van der Waals surface area contributed by atoms with Crippen molar-refractivity contribution in [2.45, 2.75) is 63.2 Å². The molecule has 0 aromatic carbocycles. The van der Waals surface area contributed by atoms with E-state index in [-0.39, 0.29) is 6.04 Å². The van der Waals surface area contributed by atoms with Crippen molar-refractivity contribution < 1.29 is 13.2 Å². The van der Waals surface area contributed by atoms with Crippen LogP contribution >= 0.6 is 0 Å². The van der Waals surface area contributed by atoms with Crippen molar-refractivity contribution in [3.8, 4) is 0 Å². The summed E-state index contributed by atoms with van der Waals surface area (Å²) in [5.74, 6) is 0.414. The fraction of sp³-hybridized carbons (Fsp3) is 0.667. The van der Waals surface area contributed by atoms with E-state index in [1.807, 2.05) is 6.20 Å². The fourth-order valence-electron chi connectivity index (χ4n) is 4.25. The number of sulfonamides is 1. The molecule has 2 N–H and O–H groups in total. The van der Waals surface area contributed by atoms with Crippen LogP contribution in [0.25, 0.3) is 11.0 Å². The smallest absolute Gasteiger partial charge is 0.216 e. The molecule has 0 spiro atoms. The van der Waals surface area contributed by atoms with Gasteiger partial charge in [-0.05, 0) is 64.5 Å². The van der Waals surface area contributed by atoms with Crippen LogP contribution in [0.3, 0.4) is 0 Å². The summed E-state index contributed by atoms with van der Waals surface area (Å²) in [7, 11) is -3.30. The van der Waals surface area contributed by atoms with Gasteiger partial charge in [-0.15, -0.1) is 0 Å². The number of aromatic nitrogens is 2. The zero-order chi connectivity index (χ0) is 20.6. The SMILES string of the molecule is CC(C)(C)S(=O)(=O)N[C@H]1CC[C@H](c2cc3c(N4CCOCC4)ccnc3[nH]2)CC1. The molecule has 29 heavy (non-hydrogen) atoms. The first-order valence-corrected chi connectivity index (χ1v) is 12.0. The third-order valence-corrected chi connectivity index (χ3v) is 8.43. The predicted molar refractivity (Wildman–Crippen MR) is 116 cm³/mol. The summed E-state index contributed by atoms with van der Waals surface area (Å²) in [6, 6.07) is 4.36. The van der Waals surface area contributed by atoms with Gasteiger partial charge < -0.3 is 14.6 Å². The molecule has 8 heteroatoms. The summed E-state index contributed by atoms with van der Waals surface area (Å²) < 4.78 is 32.5. The number of hydrogen-bond donors (Lipinski definition) is 2. The number of fused-ring (bicyclic) bond motifs is 1. The maximum absolute atomic E-state index is 12.4. The monoisotopic (exact) mass is 420 g/mol. The Morgan fingerprint density at radius 1 is 1.17 bits per heavy atom. The molecule has 160 valence electrons. The molecule has 1 saturated heterocycles. The number of rotatable bonds is 4. The van der Waals surface area contributed by atoms with Gasteiger partial charge in [0.25, 0.3) is 0 Å². The van der Waals surface area contributed by atoms with Crippen LogP contribution in [-0.2, 0) is 14.8 Å². The van der Waals surface area contributed by atoms with Crippen LogP contribution in [0.2, 0.25) is 0 Å². The maximum Gasteiger partial charge on any atom is 0.216 e. The predicted octanol–water partition coefficient (Wildman–Crippen LogP) is 3.14. The molecule has 0 atom stereocenters. The normalized spacial score (nSPS) is 24.2. The van der Waals surface area contributed by atoms with E-state index in [1.165, 1.54) is 16.8 Å². The van der Waals surface area contributed by atoms with Gasteiger partial charge in [0.1, 0.15) is 5.65 Å². The minimum atomic E-state index is -3.30. The summed E-state index contributed by atoms with van der Waals surface area (Å²) in [6.45, 7) is 8.54. The Morgan fingerprint density at radius 2 is 1.86 bits per heavy atom. The van der Waals surface area contributed by atoms with Crippen molar-refractivity contribution in [3.05, 3.63) is 24.0 Å². The van der Waals surface area contributed by atoms with Gasteiger partial charge in [-0.2, -0.15) is 0 Å². The quantitative estimate of drug-likeness (QED) is 0.793. The topological polar surface area (TPSA) is 87.3 Å². The molecule has 0 radical (unpaired) electrons. The van der Waals surface area contributed by atoms with E-state index >= 15 is 0 Å². The van der Waals surface area contributed by atoms with E-state index in [4.69, 9.17) is 4.74 Å². The highest BCUT2D eigenvalue weighted by Crippen LogP contribution is 2.36. The summed E-state index contributed by atoms with van der Waals surface area (Å²) in [6.07, 6.45) is 5.53. The number of anilines is 1. The van der Waals surface area contributed by atoms with E-state index in [0.29, 0.717) is 5.92 Å². The molecular formula is C21H32N4O3S. The van der Waals surface area contributed by atoms with E-state index in [1.54, 1.807) is 20.8 Å². The Bertz CT molecular complexity index is 950. The van der Waals surface area contributed by atoms with Gasteiger partial charge in [0.15, 0.2) is 0 Å². The molecule has 3 heterocycles. The second-order valence-electron chi connectivity index (χ2n) is 9.20. The Morgan fingerprint density at radius 3 is 2.52 bits per heavy atom. The van der Waals surface area contributed by atoms with Crippen molar-refractivity contribution in [3.63, 3.8) is 0 Å². The zero-order valence-corrected chi connectivity index (χ0v) is 18.4. The van der Waals surface area contributed by atoms with Gasteiger partial charge in [0.05, 0.1) is 18.0 Å². The van der Waals surface area contributed by atoms with Crippen molar-refractivity contribution >= 4 is 26.7 Å². The number of nitrogens with zero attached hydrogens (tertiary/aromatic N) is 2. The van der Waals surface area contributed by atoms with E-state index in [2.05, 4.69) is 31.7 Å². The second-order valence-corrected chi connectivity index (χ2v) is 11.7. The Balaban J connectivity index is 1.46. The van der Waals surface area contributed by atoms with Crippen LogP contribution in [0.1, 0.15) is 58.1 Å². The molecular weight excluding hydrogens is 388 g/mol. The molecule has 4 rings (SSSR count). The molecule has 2 aromatic heterocycles. The van der Waals surface area contributed by atoms with Crippen LogP contribution in [0.5, 0.6) is 0 Å². The molecule has 1 aliphatic heterocycles. The molecule has 1 saturated carbocycles.